The molecule has 1 amide bonds. The molecule has 0 saturated heterocycles. The second kappa shape index (κ2) is 6.44. The SMILES string of the molecule is CCc1ccc(-c2noc(-c3cccc(NC(C)=O)c3)n2)cc1. The Morgan fingerprint density at radius 2 is 1.91 bits per heavy atom. The van der Waals surface area contributed by atoms with Crippen LogP contribution in [0.3, 0.4) is 0 Å². The van der Waals surface area contributed by atoms with Crippen molar-refractivity contribution in [3.63, 3.8) is 0 Å². The Kier molecular flexibility index (Phi) is 4.19. The molecule has 0 fully saturated rings. The summed E-state index contributed by atoms with van der Waals surface area (Å²) in [5.41, 5.74) is 3.64. The fourth-order valence-corrected chi connectivity index (χ4v) is 2.28. The van der Waals surface area contributed by atoms with E-state index >= 15 is 0 Å². The standard InChI is InChI=1S/C18H17N3O2/c1-3-13-7-9-14(10-8-13)17-20-18(23-21-17)15-5-4-6-16(11-15)19-12(2)22/h4-11H,3H2,1-2H3,(H,19,22). The summed E-state index contributed by atoms with van der Waals surface area (Å²) in [4.78, 5) is 15.6. The number of hydrogen-bond donors (Lipinski definition) is 1. The van der Waals surface area contributed by atoms with Gasteiger partial charge in [-0.25, -0.2) is 0 Å². The van der Waals surface area contributed by atoms with E-state index in [9.17, 15) is 4.79 Å². The first kappa shape index (κ1) is 15.0. The van der Waals surface area contributed by atoms with Crippen molar-refractivity contribution in [2.45, 2.75) is 20.3 Å². The highest BCUT2D eigenvalue weighted by Crippen LogP contribution is 2.24. The van der Waals surface area contributed by atoms with E-state index in [-0.39, 0.29) is 5.91 Å². The molecule has 0 saturated carbocycles. The Hall–Kier alpha value is -2.95. The molecule has 0 unspecified atom stereocenters. The highest BCUT2D eigenvalue weighted by Gasteiger charge is 2.11. The molecular weight excluding hydrogens is 290 g/mol. The quantitative estimate of drug-likeness (QED) is 0.793. The maximum atomic E-state index is 11.1. The molecule has 0 atom stereocenters. The second-order valence-corrected chi connectivity index (χ2v) is 5.24. The Morgan fingerprint density at radius 3 is 2.61 bits per heavy atom. The first-order chi connectivity index (χ1) is 11.2. The molecule has 0 aliphatic carbocycles. The van der Waals surface area contributed by atoms with E-state index in [2.05, 4.69) is 34.5 Å². The summed E-state index contributed by atoms with van der Waals surface area (Å²) in [6.45, 7) is 3.58. The van der Waals surface area contributed by atoms with E-state index < -0.39 is 0 Å². The van der Waals surface area contributed by atoms with Crippen molar-refractivity contribution in [3.05, 3.63) is 54.1 Å². The zero-order valence-electron chi connectivity index (χ0n) is 13.0. The van der Waals surface area contributed by atoms with Crippen molar-refractivity contribution < 1.29 is 9.32 Å². The minimum Gasteiger partial charge on any atom is -0.334 e. The van der Waals surface area contributed by atoms with Gasteiger partial charge in [-0.2, -0.15) is 4.98 Å². The summed E-state index contributed by atoms with van der Waals surface area (Å²) in [6.07, 6.45) is 0.994. The fourth-order valence-electron chi connectivity index (χ4n) is 2.28. The van der Waals surface area contributed by atoms with E-state index in [1.807, 2.05) is 30.3 Å². The molecule has 0 spiro atoms. The zero-order valence-corrected chi connectivity index (χ0v) is 13.0. The van der Waals surface area contributed by atoms with Crippen molar-refractivity contribution >= 4 is 11.6 Å². The van der Waals surface area contributed by atoms with Crippen molar-refractivity contribution in [1.82, 2.24) is 10.1 Å². The lowest BCUT2D eigenvalue weighted by molar-refractivity contribution is -0.114. The van der Waals surface area contributed by atoms with Gasteiger partial charge in [-0.15, -0.1) is 0 Å². The van der Waals surface area contributed by atoms with Crippen LogP contribution in [0.1, 0.15) is 19.4 Å². The predicted molar refractivity (Wildman–Crippen MR) is 88.9 cm³/mol. The molecule has 23 heavy (non-hydrogen) atoms. The Balaban J connectivity index is 1.87. The van der Waals surface area contributed by atoms with Crippen LogP contribution in [0.5, 0.6) is 0 Å². The Labute approximate surface area is 134 Å². The van der Waals surface area contributed by atoms with Crippen LogP contribution in [-0.4, -0.2) is 16.0 Å². The van der Waals surface area contributed by atoms with Crippen LogP contribution >= 0.6 is 0 Å². The minimum absolute atomic E-state index is 0.121. The second-order valence-electron chi connectivity index (χ2n) is 5.24. The number of aromatic nitrogens is 2. The molecule has 5 nitrogen and oxygen atoms in total. The number of nitrogens with one attached hydrogen (secondary N) is 1. The third-order valence-electron chi connectivity index (χ3n) is 3.48. The zero-order chi connectivity index (χ0) is 16.2. The van der Waals surface area contributed by atoms with Gasteiger partial charge >= 0.3 is 0 Å². The molecule has 116 valence electrons. The molecule has 1 heterocycles. The summed E-state index contributed by atoms with van der Waals surface area (Å²) < 4.78 is 5.35. The number of carbonyl (C=O) groups excluding carboxylic acids is 1. The molecule has 3 rings (SSSR count). The van der Waals surface area contributed by atoms with E-state index in [1.54, 1.807) is 6.07 Å². The van der Waals surface area contributed by atoms with Crippen LogP contribution in [0.4, 0.5) is 5.69 Å². The maximum absolute atomic E-state index is 11.1. The monoisotopic (exact) mass is 307 g/mol. The summed E-state index contributed by atoms with van der Waals surface area (Å²) in [7, 11) is 0. The van der Waals surface area contributed by atoms with E-state index in [0.29, 0.717) is 17.4 Å². The number of amides is 1. The van der Waals surface area contributed by atoms with Gasteiger partial charge < -0.3 is 9.84 Å². The Morgan fingerprint density at radius 1 is 1.13 bits per heavy atom. The van der Waals surface area contributed by atoms with E-state index in [4.69, 9.17) is 4.52 Å². The minimum atomic E-state index is -0.121. The van der Waals surface area contributed by atoms with Crippen LogP contribution < -0.4 is 5.32 Å². The lowest BCUT2D eigenvalue weighted by Crippen LogP contribution is -2.05. The number of aryl methyl sites for hydroxylation is 1. The predicted octanol–water partition coefficient (Wildman–Crippen LogP) is 3.92. The molecule has 0 radical (unpaired) electrons. The van der Waals surface area contributed by atoms with Crippen LogP contribution in [0.2, 0.25) is 0 Å². The average Bonchev–Trinajstić information content (AvgIpc) is 3.04. The van der Waals surface area contributed by atoms with Gasteiger partial charge in [-0.1, -0.05) is 42.4 Å². The fraction of sp³-hybridized carbons (Fsp3) is 0.167. The lowest BCUT2D eigenvalue weighted by atomic mass is 10.1. The van der Waals surface area contributed by atoms with Gasteiger partial charge in [0.2, 0.25) is 11.7 Å². The van der Waals surface area contributed by atoms with E-state index in [1.165, 1.54) is 12.5 Å². The van der Waals surface area contributed by atoms with Crippen LogP contribution in [0.25, 0.3) is 22.8 Å². The highest BCUT2D eigenvalue weighted by atomic mass is 16.5. The molecular formula is C18H17N3O2. The van der Waals surface area contributed by atoms with Gasteiger partial charge in [0.05, 0.1) is 0 Å². The molecule has 0 aliphatic heterocycles. The lowest BCUT2D eigenvalue weighted by Gasteiger charge is -2.02. The third kappa shape index (κ3) is 3.45. The third-order valence-corrected chi connectivity index (χ3v) is 3.48. The van der Waals surface area contributed by atoms with Gasteiger partial charge in [0.15, 0.2) is 0 Å². The average molecular weight is 307 g/mol. The highest BCUT2D eigenvalue weighted by molar-refractivity contribution is 5.89. The van der Waals surface area contributed by atoms with E-state index in [0.717, 1.165) is 17.5 Å². The van der Waals surface area contributed by atoms with Gasteiger partial charge in [-0.3, -0.25) is 4.79 Å². The van der Waals surface area contributed by atoms with Gasteiger partial charge in [-0.05, 0) is 30.2 Å². The largest absolute Gasteiger partial charge is 0.334 e. The maximum Gasteiger partial charge on any atom is 0.258 e. The molecule has 3 aromatic rings. The van der Waals surface area contributed by atoms with Crippen molar-refractivity contribution in [1.29, 1.82) is 0 Å². The van der Waals surface area contributed by atoms with Gasteiger partial charge in [0.1, 0.15) is 0 Å². The van der Waals surface area contributed by atoms with Crippen molar-refractivity contribution in [2.24, 2.45) is 0 Å². The number of rotatable bonds is 4. The number of benzene rings is 2. The normalized spacial score (nSPS) is 10.5. The first-order valence-corrected chi connectivity index (χ1v) is 7.47. The molecule has 2 aromatic carbocycles. The van der Waals surface area contributed by atoms with Gasteiger partial charge in [0, 0.05) is 23.7 Å². The van der Waals surface area contributed by atoms with Crippen molar-refractivity contribution in [2.75, 3.05) is 5.32 Å². The molecule has 0 bridgehead atoms. The first-order valence-electron chi connectivity index (χ1n) is 7.47. The number of nitrogens with zero attached hydrogens (tertiary/aromatic N) is 2. The Bertz CT molecular complexity index is 822. The molecule has 1 N–H and O–H groups in total. The topological polar surface area (TPSA) is 68.0 Å². The summed E-state index contributed by atoms with van der Waals surface area (Å²) in [5.74, 6) is 0.851. The van der Waals surface area contributed by atoms with Crippen LogP contribution in [0.15, 0.2) is 53.1 Å². The van der Waals surface area contributed by atoms with Crippen molar-refractivity contribution in [3.8, 4) is 22.8 Å². The number of carbonyl (C=O) groups is 1. The van der Waals surface area contributed by atoms with Gasteiger partial charge in [0.25, 0.3) is 5.89 Å². The van der Waals surface area contributed by atoms with Crippen LogP contribution in [-0.2, 0) is 11.2 Å². The molecule has 1 aromatic heterocycles. The van der Waals surface area contributed by atoms with Crippen LogP contribution in [0, 0.1) is 0 Å². The summed E-state index contributed by atoms with van der Waals surface area (Å²) >= 11 is 0. The summed E-state index contributed by atoms with van der Waals surface area (Å²) in [5, 5.41) is 6.77. The molecule has 0 aliphatic rings. The number of hydrogen-bond acceptors (Lipinski definition) is 4. The number of anilines is 1. The summed E-state index contributed by atoms with van der Waals surface area (Å²) in [6, 6.07) is 15.4. The smallest absolute Gasteiger partial charge is 0.258 e. The molecule has 5 heteroatoms.